The number of rotatable bonds is 11. The summed E-state index contributed by atoms with van der Waals surface area (Å²) < 4.78 is 60.3. The van der Waals surface area contributed by atoms with Crippen LogP contribution in [0.1, 0.15) is 31.2 Å². The number of likely N-dealkylation sites (tertiary alicyclic amines) is 1. The number of halogens is 1. The fourth-order valence-corrected chi connectivity index (χ4v) is 7.12. The van der Waals surface area contributed by atoms with E-state index >= 15 is 0 Å². The standard InChI is InChI=1S/C28H33ClN2O5S2/c1-37(32,33)28-13-6-4-11-26(28)31(38(34,35)25-16-14-24(29)15-17-25)22-23-10-3-5-12-27(23)36-21-9-20-30-18-7-2-8-19-30/h3-6,10-17H,2,7-9,18-22H2,1H3. The smallest absolute Gasteiger partial charge is 0.264 e. The van der Waals surface area contributed by atoms with Crippen molar-refractivity contribution in [2.24, 2.45) is 0 Å². The Morgan fingerprint density at radius 1 is 0.868 bits per heavy atom. The Bertz CT molecular complexity index is 1440. The van der Waals surface area contributed by atoms with Crippen molar-refractivity contribution in [3.63, 3.8) is 0 Å². The van der Waals surface area contributed by atoms with Crippen LogP contribution in [-0.2, 0) is 26.4 Å². The van der Waals surface area contributed by atoms with Crippen molar-refractivity contribution >= 4 is 37.1 Å². The first-order valence-electron chi connectivity index (χ1n) is 12.7. The summed E-state index contributed by atoms with van der Waals surface area (Å²) in [6.07, 6.45) is 5.68. The number of nitrogens with zero attached hydrogens (tertiary/aromatic N) is 2. The predicted octanol–water partition coefficient (Wildman–Crippen LogP) is 5.39. The molecule has 1 aliphatic rings. The van der Waals surface area contributed by atoms with Crippen molar-refractivity contribution in [2.45, 2.75) is 42.0 Å². The highest BCUT2D eigenvalue weighted by molar-refractivity contribution is 7.93. The molecule has 0 spiro atoms. The van der Waals surface area contributed by atoms with Gasteiger partial charge in [-0.3, -0.25) is 4.31 Å². The number of benzene rings is 3. The van der Waals surface area contributed by atoms with Crippen LogP contribution in [0.3, 0.4) is 0 Å². The van der Waals surface area contributed by atoms with Crippen molar-refractivity contribution in [2.75, 3.05) is 36.8 Å². The normalized spacial score (nSPS) is 14.8. The highest BCUT2D eigenvalue weighted by atomic mass is 35.5. The summed E-state index contributed by atoms with van der Waals surface area (Å²) in [6.45, 7) is 3.58. The molecule has 3 aromatic carbocycles. The van der Waals surface area contributed by atoms with Gasteiger partial charge in [-0.15, -0.1) is 0 Å². The molecule has 38 heavy (non-hydrogen) atoms. The fraction of sp³-hybridized carbons (Fsp3) is 0.357. The lowest BCUT2D eigenvalue weighted by atomic mass is 10.1. The third kappa shape index (κ3) is 7.08. The number of anilines is 1. The Labute approximate surface area is 231 Å². The van der Waals surface area contributed by atoms with Crippen LogP contribution in [0, 0.1) is 0 Å². The van der Waals surface area contributed by atoms with Crippen LogP contribution in [0.2, 0.25) is 5.02 Å². The van der Waals surface area contributed by atoms with Gasteiger partial charge in [-0.1, -0.05) is 48.4 Å². The van der Waals surface area contributed by atoms with E-state index in [9.17, 15) is 16.8 Å². The number of para-hydroxylation sites is 2. The van der Waals surface area contributed by atoms with Crippen molar-refractivity contribution in [1.82, 2.24) is 4.90 Å². The summed E-state index contributed by atoms with van der Waals surface area (Å²) in [4.78, 5) is 2.38. The molecule has 0 radical (unpaired) electrons. The molecule has 7 nitrogen and oxygen atoms in total. The van der Waals surface area contributed by atoms with Gasteiger partial charge in [0, 0.05) is 23.4 Å². The topological polar surface area (TPSA) is 84.0 Å². The second kappa shape index (κ2) is 12.5. The summed E-state index contributed by atoms with van der Waals surface area (Å²) in [6, 6.07) is 19.2. The van der Waals surface area contributed by atoms with Gasteiger partial charge in [-0.25, -0.2) is 16.8 Å². The zero-order valence-corrected chi connectivity index (χ0v) is 23.8. The van der Waals surface area contributed by atoms with Gasteiger partial charge in [-0.05, 0) is 74.8 Å². The Kier molecular flexibility index (Phi) is 9.36. The molecule has 1 heterocycles. The number of sulfone groups is 1. The minimum absolute atomic E-state index is 0.00475. The summed E-state index contributed by atoms with van der Waals surface area (Å²) >= 11 is 6.00. The third-order valence-electron chi connectivity index (χ3n) is 6.55. The van der Waals surface area contributed by atoms with Crippen LogP contribution in [-0.4, -0.2) is 54.2 Å². The van der Waals surface area contributed by atoms with Crippen LogP contribution in [0.25, 0.3) is 0 Å². The maximum absolute atomic E-state index is 13.9. The lowest BCUT2D eigenvalue weighted by molar-refractivity contribution is 0.204. The molecule has 10 heteroatoms. The maximum atomic E-state index is 13.9. The van der Waals surface area contributed by atoms with E-state index in [2.05, 4.69) is 4.90 Å². The molecule has 1 saturated heterocycles. The largest absolute Gasteiger partial charge is 0.493 e. The van der Waals surface area contributed by atoms with Gasteiger partial charge in [0.25, 0.3) is 10.0 Å². The predicted molar refractivity (Wildman–Crippen MR) is 151 cm³/mol. The molecule has 0 atom stereocenters. The van der Waals surface area contributed by atoms with Gasteiger partial charge in [0.05, 0.1) is 28.6 Å². The molecule has 1 aliphatic heterocycles. The molecule has 0 amide bonds. The van der Waals surface area contributed by atoms with Gasteiger partial charge in [0.2, 0.25) is 0 Å². The Morgan fingerprint density at radius 3 is 2.24 bits per heavy atom. The molecule has 3 aromatic rings. The number of sulfonamides is 1. The minimum Gasteiger partial charge on any atom is -0.493 e. The third-order valence-corrected chi connectivity index (χ3v) is 9.72. The van der Waals surface area contributed by atoms with Crippen molar-refractivity contribution in [3.8, 4) is 5.75 Å². The summed E-state index contributed by atoms with van der Waals surface area (Å²) in [5.41, 5.74) is 0.705. The van der Waals surface area contributed by atoms with Crippen LogP contribution < -0.4 is 9.04 Å². The van der Waals surface area contributed by atoms with Gasteiger partial charge in [0.15, 0.2) is 9.84 Å². The SMILES string of the molecule is CS(=O)(=O)c1ccccc1N(Cc1ccccc1OCCCN1CCCCC1)S(=O)(=O)c1ccc(Cl)cc1. The zero-order valence-electron chi connectivity index (χ0n) is 21.4. The van der Waals surface area contributed by atoms with E-state index in [0.29, 0.717) is 22.9 Å². The second-order valence-electron chi connectivity index (χ2n) is 9.42. The van der Waals surface area contributed by atoms with Gasteiger partial charge >= 0.3 is 0 Å². The molecule has 0 bridgehead atoms. The van der Waals surface area contributed by atoms with Gasteiger partial charge in [0.1, 0.15) is 5.75 Å². The van der Waals surface area contributed by atoms with E-state index < -0.39 is 19.9 Å². The highest BCUT2D eigenvalue weighted by Gasteiger charge is 2.30. The van der Waals surface area contributed by atoms with E-state index in [0.717, 1.165) is 36.6 Å². The van der Waals surface area contributed by atoms with Crippen molar-refractivity contribution < 1.29 is 21.6 Å². The highest BCUT2D eigenvalue weighted by Crippen LogP contribution is 2.33. The molecule has 0 unspecified atom stereocenters. The average Bonchev–Trinajstić information content (AvgIpc) is 2.90. The molecule has 0 aromatic heterocycles. The first kappa shape index (κ1) is 28.4. The second-order valence-corrected chi connectivity index (χ2v) is 13.7. The number of hydrogen-bond donors (Lipinski definition) is 0. The first-order valence-corrected chi connectivity index (χ1v) is 16.4. The molecule has 0 N–H and O–H groups in total. The van der Waals surface area contributed by atoms with Crippen molar-refractivity contribution in [1.29, 1.82) is 0 Å². The molecule has 4 rings (SSSR count). The van der Waals surface area contributed by atoms with E-state index in [4.69, 9.17) is 16.3 Å². The molecule has 0 aliphatic carbocycles. The summed E-state index contributed by atoms with van der Waals surface area (Å²) in [5.74, 6) is 0.569. The Balaban J connectivity index is 1.64. The van der Waals surface area contributed by atoms with Gasteiger partial charge in [-0.2, -0.15) is 0 Å². The monoisotopic (exact) mass is 576 g/mol. The molecular weight excluding hydrogens is 544 g/mol. The average molecular weight is 577 g/mol. The van der Waals surface area contributed by atoms with Crippen LogP contribution >= 0.6 is 11.6 Å². The first-order chi connectivity index (χ1) is 18.2. The molecule has 1 fully saturated rings. The minimum atomic E-state index is -4.16. The van der Waals surface area contributed by atoms with Crippen molar-refractivity contribution in [3.05, 3.63) is 83.4 Å². The Morgan fingerprint density at radius 2 is 1.53 bits per heavy atom. The van der Waals surface area contributed by atoms with Crippen LogP contribution in [0.15, 0.2) is 82.6 Å². The van der Waals surface area contributed by atoms with E-state index in [1.807, 2.05) is 18.2 Å². The van der Waals surface area contributed by atoms with E-state index in [1.54, 1.807) is 18.2 Å². The zero-order chi connectivity index (χ0) is 27.2. The summed E-state index contributed by atoms with van der Waals surface area (Å²) in [7, 11) is -7.88. The molecular formula is C28H33ClN2O5S2. The molecule has 0 saturated carbocycles. The lowest BCUT2D eigenvalue weighted by Crippen LogP contribution is -2.32. The van der Waals surface area contributed by atoms with Crippen LogP contribution in [0.4, 0.5) is 5.69 Å². The lowest BCUT2D eigenvalue weighted by Gasteiger charge is -2.27. The Hall–Kier alpha value is -2.59. The summed E-state index contributed by atoms with van der Waals surface area (Å²) in [5, 5.41) is 0.398. The van der Waals surface area contributed by atoms with E-state index in [1.165, 1.54) is 55.7 Å². The molecule has 204 valence electrons. The quantitative estimate of drug-likeness (QED) is 0.284. The van der Waals surface area contributed by atoms with E-state index in [-0.39, 0.29) is 22.0 Å². The fourth-order valence-electron chi connectivity index (χ4n) is 4.59. The van der Waals surface area contributed by atoms with Gasteiger partial charge < -0.3 is 9.64 Å². The van der Waals surface area contributed by atoms with Crippen LogP contribution in [0.5, 0.6) is 5.75 Å². The number of hydrogen-bond acceptors (Lipinski definition) is 6. The number of piperidine rings is 1. The number of ether oxygens (including phenoxy) is 1. The maximum Gasteiger partial charge on any atom is 0.264 e.